The standard InChI is InChI=1S/C13H13NO4/c1-8(2)13(17)18-7-14-11(15)9-5-3-4-6-10(9)12(14)16/h3-6,8H,7H2,1-2H3. The first-order valence-electron chi connectivity index (χ1n) is 5.64. The average molecular weight is 247 g/mol. The highest BCUT2D eigenvalue weighted by atomic mass is 16.5. The lowest BCUT2D eigenvalue weighted by Crippen LogP contribution is -2.33. The number of benzene rings is 1. The summed E-state index contributed by atoms with van der Waals surface area (Å²) < 4.78 is 4.90. The van der Waals surface area contributed by atoms with Gasteiger partial charge in [0.25, 0.3) is 11.8 Å². The number of nitrogens with zero attached hydrogens (tertiary/aromatic N) is 1. The Labute approximate surface area is 104 Å². The molecular formula is C13H13NO4. The van der Waals surface area contributed by atoms with Crippen LogP contribution in [-0.4, -0.2) is 29.4 Å². The van der Waals surface area contributed by atoms with Crippen molar-refractivity contribution in [1.29, 1.82) is 0 Å². The first-order valence-corrected chi connectivity index (χ1v) is 5.64. The smallest absolute Gasteiger partial charge is 0.310 e. The van der Waals surface area contributed by atoms with Crippen molar-refractivity contribution in [3.05, 3.63) is 35.4 Å². The Morgan fingerprint density at radius 1 is 1.17 bits per heavy atom. The number of esters is 1. The minimum absolute atomic E-state index is 0.291. The molecule has 0 atom stereocenters. The second-order valence-corrected chi connectivity index (χ2v) is 4.33. The fourth-order valence-electron chi connectivity index (χ4n) is 1.65. The van der Waals surface area contributed by atoms with E-state index in [0.29, 0.717) is 11.1 Å². The number of hydrogen-bond donors (Lipinski definition) is 0. The van der Waals surface area contributed by atoms with Crippen LogP contribution < -0.4 is 0 Å². The van der Waals surface area contributed by atoms with Gasteiger partial charge in [0, 0.05) is 0 Å². The molecule has 0 unspecified atom stereocenters. The highest BCUT2D eigenvalue weighted by Crippen LogP contribution is 2.22. The van der Waals surface area contributed by atoms with Gasteiger partial charge in [-0.1, -0.05) is 26.0 Å². The van der Waals surface area contributed by atoms with Crippen molar-refractivity contribution in [2.75, 3.05) is 6.73 Å². The Morgan fingerprint density at radius 2 is 1.67 bits per heavy atom. The van der Waals surface area contributed by atoms with E-state index in [4.69, 9.17) is 4.74 Å². The topological polar surface area (TPSA) is 63.7 Å². The van der Waals surface area contributed by atoms with Gasteiger partial charge in [0.15, 0.2) is 6.73 Å². The van der Waals surface area contributed by atoms with E-state index in [1.165, 1.54) is 0 Å². The molecule has 0 aliphatic carbocycles. The van der Waals surface area contributed by atoms with Crippen LogP contribution in [0, 0.1) is 5.92 Å². The van der Waals surface area contributed by atoms with E-state index in [9.17, 15) is 14.4 Å². The van der Waals surface area contributed by atoms with Gasteiger partial charge in [-0.2, -0.15) is 0 Å². The van der Waals surface area contributed by atoms with Crippen LogP contribution in [0.2, 0.25) is 0 Å². The molecule has 5 heteroatoms. The summed E-state index contributed by atoms with van der Waals surface area (Å²) in [6.07, 6.45) is 0. The lowest BCUT2D eigenvalue weighted by molar-refractivity contribution is -0.149. The van der Waals surface area contributed by atoms with E-state index in [2.05, 4.69) is 0 Å². The van der Waals surface area contributed by atoms with Crippen LogP contribution >= 0.6 is 0 Å². The Hall–Kier alpha value is -2.17. The summed E-state index contributed by atoms with van der Waals surface area (Å²) in [5.41, 5.74) is 0.700. The van der Waals surface area contributed by atoms with Gasteiger partial charge in [-0.05, 0) is 12.1 Å². The van der Waals surface area contributed by atoms with E-state index in [1.807, 2.05) is 0 Å². The average Bonchev–Trinajstić information content (AvgIpc) is 2.60. The van der Waals surface area contributed by atoms with Gasteiger partial charge < -0.3 is 4.74 Å². The predicted molar refractivity (Wildman–Crippen MR) is 62.7 cm³/mol. The maximum atomic E-state index is 11.9. The number of hydrogen-bond acceptors (Lipinski definition) is 4. The SMILES string of the molecule is CC(C)C(=O)OCN1C(=O)c2ccccc2C1=O. The van der Waals surface area contributed by atoms with Crippen molar-refractivity contribution < 1.29 is 19.1 Å². The summed E-state index contributed by atoms with van der Waals surface area (Å²) in [6.45, 7) is 3.04. The van der Waals surface area contributed by atoms with Crippen molar-refractivity contribution >= 4 is 17.8 Å². The molecule has 0 radical (unpaired) electrons. The zero-order chi connectivity index (χ0) is 13.3. The zero-order valence-electron chi connectivity index (χ0n) is 10.2. The van der Waals surface area contributed by atoms with Crippen molar-refractivity contribution in [3.63, 3.8) is 0 Å². The number of amides is 2. The van der Waals surface area contributed by atoms with E-state index in [0.717, 1.165) is 4.90 Å². The lowest BCUT2D eigenvalue weighted by atomic mass is 10.1. The molecule has 0 fully saturated rings. The highest BCUT2D eigenvalue weighted by Gasteiger charge is 2.35. The fourth-order valence-corrected chi connectivity index (χ4v) is 1.65. The molecule has 2 rings (SSSR count). The number of rotatable bonds is 3. The molecule has 0 N–H and O–H groups in total. The fraction of sp³-hybridized carbons (Fsp3) is 0.308. The van der Waals surface area contributed by atoms with Crippen LogP contribution in [0.5, 0.6) is 0 Å². The number of imide groups is 1. The van der Waals surface area contributed by atoms with Crippen molar-refractivity contribution in [2.24, 2.45) is 5.92 Å². The van der Waals surface area contributed by atoms with E-state index < -0.39 is 17.8 Å². The molecule has 1 aromatic rings. The minimum atomic E-state index is -0.438. The van der Waals surface area contributed by atoms with E-state index in [1.54, 1.807) is 38.1 Å². The first kappa shape index (κ1) is 12.3. The van der Waals surface area contributed by atoms with Crippen LogP contribution in [0.4, 0.5) is 0 Å². The Kier molecular flexibility index (Phi) is 3.14. The van der Waals surface area contributed by atoms with Gasteiger partial charge in [-0.25, -0.2) is 4.90 Å². The third-order valence-corrected chi connectivity index (χ3v) is 2.69. The molecule has 18 heavy (non-hydrogen) atoms. The zero-order valence-corrected chi connectivity index (χ0v) is 10.2. The number of carbonyl (C=O) groups excluding carboxylic acids is 3. The van der Waals surface area contributed by atoms with Gasteiger partial charge >= 0.3 is 5.97 Å². The molecule has 1 aliphatic rings. The highest BCUT2D eigenvalue weighted by molar-refractivity contribution is 6.21. The van der Waals surface area contributed by atoms with Crippen molar-refractivity contribution in [3.8, 4) is 0 Å². The molecule has 5 nitrogen and oxygen atoms in total. The van der Waals surface area contributed by atoms with E-state index in [-0.39, 0.29) is 12.6 Å². The first-order chi connectivity index (χ1) is 8.52. The van der Waals surface area contributed by atoms with Gasteiger partial charge in [-0.3, -0.25) is 14.4 Å². The van der Waals surface area contributed by atoms with Crippen LogP contribution in [0.3, 0.4) is 0 Å². The summed E-state index contributed by atoms with van der Waals surface area (Å²) in [7, 11) is 0. The minimum Gasteiger partial charge on any atom is -0.443 e. The van der Waals surface area contributed by atoms with Gasteiger partial charge in [-0.15, -0.1) is 0 Å². The van der Waals surface area contributed by atoms with Crippen molar-refractivity contribution in [2.45, 2.75) is 13.8 Å². The van der Waals surface area contributed by atoms with Gasteiger partial charge in [0.05, 0.1) is 17.0 Å². The maximum absolute atomic E-state index is 11.9. The number of carbonyl (C=O) groups is 3. The predicted octanol–water partition coefficient (Wildman–Crippen LogP) is 1.44. The maximum Gasteiger partial charge on any atom is 0.310 e. The molecule has 1 aliphatic heterocycles. The van der Waals surface area contributed by atoms with Gasteiger partial charge in [0.1, 0.15) is 0 Å². The second kappa shape index (κ2) is 4.60. The molecule has 94 valence electrons. The molecule has 2 amide bonds. The van der Waals surface area contributed by atoms with Gasteiger partial charge in [0.2, 0.25) is 0 Å². The molecule has 0 spiro atoms. The molecule has 1 aromatic carbocycles. The summed E-state index contributed by atoms with van der Waals surface area (Å²) >= 11 is 0. The Balaban J connectivity index is 2.12. The van der Waals surface area contributed by atoms with Crippen LogP contribution in [0.1, 0.15) is 34.6 Å². The summed E-state index contributed by atoms with van der Waals surface area (Å²) in [6, 6.07) is 6.54. The normalized spacial score (nSPS) is 14.1. The molecule has 0 bridgehead atoms. The summed E-state index contributed by atoms with van der Waals surface area (Å²) in [4.78, 5) is 36.1. The summed E-state index contributed by atoms with van der Waals surface area (Å²) in [5.74, 6) is -1.58. The molecule has 0 saturated carbocycles. The molecule has 0 aromatic heterocycles. The Bertz CT molecular complexity index is 486. The third kappa shape index (κ3) is 1.99. The number of fused-ring (bicyclic) bond motifs is 1. The van der Waals surface area contributed by atoms with Crippen LogP contribution in [-0.2, 0) is 9.53 Å². The third-order valence-electron chi connectivity index (χ3n) is 2.69. The Morgan fingerprint density at radius 3 is 2.11 bits per heavy atom. The molecular weight excluding hydrogens is 234 g/mol. The summed E-state index contributed by atoms with van der Waals surface area (Å²) in [5, 5.41) is 0. The molecule has 0 saturated heterocycles. The lowest BCUT2D eigenvalue weighted by Gasteiger charge is -2.14. The largest absolute Gasteiger partial charge is 0.443 e. The van der Waals surface area contributed by atoms with Crippen molar-refractivity contribution in [1.82, 2.24) is 4.90 Å². The quantitative estimate of drug-likeness (QED) is 0.599. The molecule has 1 heterocycles. The number of ether oxygens (including phenoxy) is 1. The monoisotopic (exact) mass is 247 g/mol. The van der Waals surface area contributed by atoms with E-state index >= 15 is 0 Å². The second-order valence-electron chi connectivity index (χ2n) is 4.33. The van der Waals surface area contributed by atoms with Crippen LogP contribution in [0.15, 0.2) is 24.3 Å². The van der Waals surface area contributed by atoms with Crippen LogP contribution in [0.25, 0.3) is 0 Å².